The molecule has 2 aromatic rings. The minimum atomic E-state index is -0.549. The lowest BCUT2D eigenvalue weighted by molar-refractivity contribution is -0.384. The Bertz CT molecular complexity index is 806. The molecule has 1 unspecified atom stereocenters. The van der Waals surface area contributed by atoms with Crippen molar-refractivity contribution in [2.45, 2.75) is 19.4 Å². The van der Waals surface area contributed by atoms with Crippen molar-refractivity contribution in [1.82, 2.24) is 0 Å². The lowest BCUT2D eigenvalue weighted by Crippen LogP contribution is -2.48. The van der Waals surface area contributed by atoms with Crippen molar-refractivity contribution in [1.29, 1.82) is 0 Å². The average Bonchev–Trinajstić information content (AvgIpc) is 2.62. The smallest absolute Gasteiger partial charge is 0.293 e. The summed E-state index contributed by atoms with van der Waals surface area (Å²) in [6, 6.07) is 14.5. The molecule has 0 spiro atoms. The van der Waals surface area contributed by atoms with E-state index in [1.165, 1.54) is 13.0 Å². The van der Waals surface area contributed by atoms with Gasteiger partial charge in [-0.2, -0.15) is 0 Å². The maximum atomic E-state index is 11.5. The Morgan fingerprint density at radius 3 is 2.60 bits per heavy atom. The zero-order valence-corrected chi connectivity index (χ0v) is 14.3. The topological polar surface area (TPSA) is 72.7 Å². The van der Waals surface area contributed by atoms with Crippen LogP contribution in [0, 0.1) is 10.1 Å². The molecular weight excluding hydrogens is 320 g/mol. The van der Waals surface area contributed by atoms with Crippen LogP contribution in [-0.2, 0) is 10.3 Å². The van der Waals surface area contributed by atoms with Gasteiger partial charge in [0.25, 0.3) is 5.69 Å². The number of morpholine rings is 1. The van der Waals surface area contributed by atoms with Crippen LogP contribution in [0.5, 0.6) is 0 Å². The number of ether oxygens (including phenoxy) is 1. The summed E-state index contributed by atoms with van der Waals surface area (Å²) in [5.74, 6) is -0.189. The molecule has 130 valence electrons. The lowest BCUT2D eigenvalue weighted by atomic mass is 9.93. The predicted molar refractivity (Wildman–Crippen MR) is 95.1 cm³/mol. The molecule has 0 radical (unpaired) electrons. The molecule has 3 rings (SSSR count). The van der Waals surface area contributed by atoms with Gasteiger partial charge in [-0.05, 0) is 31.5 Å². The molecule has 6 heteroatoms. The molecule has 25 heavy (non-hydrogen) atoms. The monoisotopic (exact) mass is 340 g/mol. The Balaban J connectivity index is 1.96. The third-order valence-electron chi connectivity index (χ3n) is 4.58. The van der Waals surface area contributed by atoms with Gasteiger partial charge in [0.2, 0.25) is 0 Å². The molecule has 1 aliphatic rings. The number of nitro groups is 1. The number of carbonyl (C=O) groups is 1. The number of Topliss-reactive ketones (excluding diaryl/α,β-unsaturated/α-hetero) is 1. The molecule has 0 aromatic heterocycles. The van der Waals surface area contributed by atoms with Gasteiger partial charge in [0.1, 0.15) is 11.3 Å². The summed E-state index contributed by atoms with van der Waals surface area (Å²) in [5, 5.41) is 11.5. The van der Waals surface area contributed by atoms with Crippen LogP contribution in [0.15, 0.2) is 48.5 Å². The van der Waals surface area contributed by atoms with Gasteiger partial charge in [0, 0.05) is 18.2 Å². The van der Waals surface area contributed by atoms with Gasteiger partial charge in [-0.3, -0.25) is 14.9 Å². The van der Waals surface area contributed by atoms with Crippen molar-refractivity contribution < 1.29 is 14.5 Å². The number of nitrogens with zero attached hydrogens (tertiary/aromatic N) is 2. The van der Waals surface area contributed by atoms with E-state index in [9.17, 15) is 14.9 Å². The second kappa shape index (κ2) is 6.64. The van der Waals surface area contributed by atoms with E-state index < -0.39 is 10.5 Å². The fourth-order valence-corrected chi connectivity index (χ4v) is 3.20. The second-order valence-electron chi connectivity index (χ2n) is 6.38. The van der Waals surface area contributed by atoms with Crippen molar-refractivity contribution in [3.05, 3.63) is 69.8 Å². The Labute approximate surface area is 146 Å². The molecule has 1 fully saturated rings. The first-order chi connectivity index (χ1) is 11.9. The number of hydrogen-bond donors (Lipinski definition) is 0. The average molecular weight is 340 g/mol. The first-order valence-corrected chi connectivity index (χ1v) is 8.14. The van der Waals surface area contributed by atoms with E-state index in [2.05, 4.69) is 0 Å². The van der Waals surface area contributed by atoms with E-state index in [1.807, 2.05) is 42.2 Å². The summed E-state index contributed by atoms with van der Waals surface area (Å²) in [6.07, 6.45) is 0. The summed E-state index contributed by atoms with van der Waals surface area (Å²) >= 11 is 0. The minimum Gasteiger partial charge on any atom is -0.367 e. The van der Waals surface area contributed by atoms with Gasteiger partial charge in [-0.25, -0.2) is 0 Å². The quantitative estimate of drug-likeness (QED) is 0.483. The second-order valence-corrected chi connectivity index (χ2v) is 6.38. The van der Waals surface area contributed by atoms with Gasteiger partial charge >= 0.3 is 0 Å². The van der Waals surface area contributed by atoms with Crippen LogP contribution < -0.4 is 4.90 Å². The highest BCUT2D eigenvalue weighted by Gasteiger charge is 2.36. The summed E-state index contributed by atoms with van der Waals surface area (Å²) in [7, 11) is 0. The summed E-state index contributed by atoms with van der Waals surface area (Å²) in [4.78, 5) is 24.6. The van der Waals surface area contributed by atoms with Crippen LogP contribution in [0.3, 0.4) is 0 Å². The highest BCUT2D eigenvalue weighted by atomic mass is 16.6. The number of rotatable bonds is 4. The molecule has 0 bridgehead atoms. The maximum absolute atomic E-state index is 11.5. The SMILES string of the molecule is CC(=O)c1ccc(N2CCOC(C)(c3ccccc3)C2)c([N+](=O)[O-])c1. The van der Waals surface area contributed by atoms with E-state index >= 15 is 0 Å². The Hall–Kier alpha value is -2.73. The molecule has 2 aromatic carbocycles. The molecule has 0 N–H and O–H groups in total. The Morgan fingerprint density at radius 1 is 1.24 bits per heavy atom. The van der Waals surface area contributed by atoms with E-state index in [4.69, 9.17) is 4.74 Å². The number of benzene rings is 2. The molecule has 6 nitrogen and oxygen atoms in total. The molecule has 0 aliphatic carbocycles. The first kappa shape index (κ1) is 17.1. The number of hydrogen-bond acceptors (Lipinski definition) is 5. The van der Waals surface area contributed by atoms with E-state index in [-0.39, 0.29) is 11.5 Å². The lowest BCUT2D eigenvalue weighted by Gasteiger charge is -2.41. The highest BCUT2D eigenvalue weighted by Crippen LogP contribution is 2.36. The van der Waals surface area contributed by atoms with Gasteiger partial charge in [-0.15, -0.1) is 0 Å². The number of ketones is 1. The number of nitro benzene ring substituents is 1. The predicted octanol–water partition coefficient (Wildman–Crippen LogP) is 3.55. The minimum absolute atomic E-state index is 0.0509. The van der Waals surface area contributed by atoms with Gasteiger partial charge in [-0.1, -0.05) is 30.3 Å². The van der Waals surface area contributed by atoms with Crippen LogP contribution in [0.1, 0.15) is 29.8 Å². The third kappa shape index (κ3) is 3.39. The van der Waals surface area contributed by atoms with Crippen molar-refractivity contribution in [3.63, 3.8) is 0 Å². The third-order valence-corrected chi connectivity index (χ3v) is 4.58. The Morgan fingerprint density at radius 2 is 1.96 bits per heavy atom. The zero-order valence-electron chi connectivity index (χ0n) is 14.3. The van der Waals surface area contributed by atoms with E-state index in [1.54, 1.807) is 12.1 Å². The largest absolute Gasteiger partial charge is 0.367 e. The summed E-state index contributed by atoms with van der Waals surface area (Å²) in [5.41, 5.74) is 1.29. The standard InChI is InChI=1S/C19H20N2O4/c1-14(22)15-8-9-17(18(12-15)21(23)24)20-10-11-25-19(2,13-20)16-6-4-3-5-7-16/h3-9,12H,10-11,13H2,1-2H3. The first-order valence-electron chi connectivity index (χ1n) is 8.14. The fourth-order valence-electron chi connectivity index (χ4n) is 3.20. The van der Waals surface area contributed by atoms with Crippen molar-refractivity contribution in [2.75, 3.05) is 24.6 Å². The van der Waals surface area contributed by atoms with Crippen LogP contribution in [-0.4, -0.2) is 30.4 Å². The molecule has 1 saturated heterocycles. The van der Waals surface area contributed by atoms with Crippen molar-refractivity contribution in [3.8, 4) is 0 Å². The maximum Gasteiger partial charge on any atom is 0.293 e. The molecule has 0 amide bonds. The van der Waals surface area contributed by atoms with Crippen molar-refractivity contribution >= 4 is 17.2 Å². The van der Waals surface area contributed by atoms with Gasteiger partial charge < -0.3 is 9.64 Å². The number of anilines is 1. The molecule has 1 heterocycles. The highest BCUT2D eigenvalue weighted by molar-refractivity contribution is 5.95. The fraction of sp³-hybridized carbons (Fsp3) is 0.316. The van der Waals surface area contributed by atoms with Gasteiger partial charge in [0.05, 0.1) is 18.1 Å². The zero-order chi connectivity index (χ0) is 18.0. The van der Waals surface area contributed by atoms with E-state index in [0.29, 0.717) is 30.9 Å². The van der Waals surface area contributed by atoms with Crippen LogP contribution in [0.2, 0.25) is 0 Å². The summed E-state index contributed by atoms with van der Waals surface area (Å²) in [6.45, 7) is 4.92. The van der Waals surface area contributed by atoms with Crippen molar-refractivity contribution in [2.24, 2.45) is 0 Å². The molecule has 0 saturated carbocycles. The van der Waals surface area contributed by atoms with Crippen LogP contribution in [0.4, 0.5) is 11.4 Å². The van der Waals surface area contributed by atoms with E-state index in [0.717, 1.165) is 5.56 Å². The van der Waals surface area contributed by atoms with Crippen LogP contribution in [0.25, 0.3) is 0 Å². The van der Waals surface area contributed by atoms with Gasteiger partial charge in [0.15, 0.2) is 5.78 Å². The Kier molecular flexibility index (Phi) is 4.55. The summed E-state index contributed by atoms with van der Waals surface area (Å²) < 4.78 is 6.00. The van der Waals surface area contributed by atoms with Crippen LogP contribution >= 0.6 is 0 Å². The normalized spacial score (nSPS) is 20.3. The molecular formula is C19H20N2O4. The number of carbonyl (C=O) groups excluding carboxylic acids is 1. The molecule has 1 aliphatic heterocycles. The molecule has 1 atom stereocenters.